The fourth-order valence-corrected chi connectivity index (χ4v) is 4.22. The Hall–Kier alpha value is -5.65. The number of aromatic amines is 1. The molecular formula is C28H19F2N7O3. The second kappa shape index (κ2) is 9.91. The van der Waals surface area contributed by atoms with E-state index in [2.05, 4.69) is 25.7 Å². The molecule has 0 saturated heterocycles. The van der Waals surface area contributed by atoms with Crippen LogP contribution in [0.4, 0.5) is 14.5 Å². The molecule has 0 bridgehead atoms. The fraction of sp³-hybridized carbons (Fsp3) is 0.0357. The molecule has 0 atom stereocenters. The summed E-state index contributed by atoms with van der Waals surface area (Å²) in [7, 11) is 1.82. The van der Waals surface area contributed by atoms with E-state index in [0.717, 1.165) is 27.2 Å². The predicted octanol–water partition coefficient (Wildman–Crippen LogP) is 4.83. The predicted molar refractivity (Wildman–Crippen MR) is 143 cm³/mol. The molecule has 0 aliphatic rings. The molecule has 0 spiro atoms. The quantitative estimate of drug-likeness (QED) is 0.313. The van der Waals surface area contributed by atoms with Gasteiger partial charge in [-0.05, 0) is 54.6 Å². The van der Waals surface area contributed by atoms with Crippen molar-refractivity contribution < 1.29 is 18.3 Å². The van der Waals surface area contributed by atoms with Crippen LogP contribution in [0.1, 0.15) is 10.4 Å². The maximum absolute atomic E-state index is 15.2. The molecule has 3 aromatic heterocycles. The minimum absolute atomic E-state index is 0.0754. The number of ether oxygens (including phenoxy) is 1. The van der Waals surface area contributed by atoms with Crippen molar-refractivity contribution in [2.75, 3.05) is 5.32 Å². The molecule has 10 nitrogen and oxygen atoms in total. The first-order valence-corrected chi connectivity index (χ1v) is 12.0. The van der Waals surface area contributed by atoms with Gasteiger partial charge in [-0.3, -0.25) is 19.4 Å². The monoisotopic (exact) mass is 539 g/mol. The Balaban J connectivity index is 1.26. The third-order valence-electron chi connectivity index (χ3n) is 6.23. The molecule has 0 aliphatic heterocycles. The van der Waals surface area contributed by atoms with Crippen molar-refractivity contribution in [2.45, 2.75) is 0 Å². The Morgan fingerprint density at radius 1 is 0.975 bits per heavy atom. The number of hydrogen-bond donors (Lipinski definition) is 2. The third kappa shape index (κ3) is 4.58. The van der Waals surface area contributed by atoms with Crippen LogP contribution in [0.25, 0.3) is 27.7 Å². The Morgan fingerprint density at radius 3 is 2.55 bits per heavy atom. The number of carbonyl (C=O) groups is 1. The minimum atomic E-state index is -0.763. The van der Waals surface area contributed by atoms with Gasteiger partial charge in [-0.15, -0.1) is 0 Å². The van der Waals surface area contributed by atoms with E-state index in [4.69, 9.17) is 4.74 Å². The molecule has 0 saturated carbocycles. The van der Waals surface area contributed by atoms with E-state index in [1.807, 2.05) is 13.1 Å². The first-order chi connectivity index (χ1) is 19.4. The van der Waals surface area contributed by atoms with Crippen LogP contribution >= 0.6 is 0 Å². The average molecular weight is 540 g/mol. The maximum Gasteiger partial charge on any atom is 0.284 e. The van der Waals surface area contributed by atoms with Gasteiger partial charge in [0.05, 0.1) is 23.6 Å². The maximum atomic E-state index is 15.2. The molecule has 3 heterocycles. The lowest BCUT2D eigenvalue weighted by atomic mass is 10.1. The van der Waals surface area contributed by atoms with Crippen LogP contribution in [-0.4, -0.2) is 35.7 Å². The summed E-state index contributed by atoms with van der Waals surface area (Å²) < 4.78 is 37.1. The number of carbonyl (C=O) groups excluding carboxylic acids is 1. The Bertz CT molecular complexity index is 1930. The van der Waals surface area contributed by atoms with Gasteiger partial charge in [0, 0.05) is 47.7 Å². The average Bonchev–Trinajstić information content (AvgIpc) is 3.60. The number of fused-ring (bicyclic) bond motifs is 1. The van der Waals surface area contributed by atoms with E-state index < -0.39 is 23.1 Å². The summed E-state index contributed by atoms with van der Waals surface area (Å²) in [6.07, 6.45) is 6.28. The van der Waals surface area contributed by atoms with Gasteiger partial charge in [-0.1, -0.05) is 0 Å². The van der Waals surface area contributed by atoms with Gasteiger partial charge in [0.2, 0.25) is 0 Å². The lowest BCUT2D eigenvalue weighted by molar-refractivity contribution is 0.102. The van der Waals surface area contributed by atoms with E-state index >= 15 is 4.39 Å². The van der Waals surface area contributed by atoms with Crippen molar-refractivity contribution in [1.29, 1.82) is 0 Å². The van der Waals surface area contributed by atoms with Crippen molar-refractivity contribution in [1.82, 2.24) is 29.8 Å². The number of halogens is 2. The molecule has 6 aromatic rings. The van der Waals surface area contributed by atoms with Gasteiger partial charge in [-0.2, -0.15) is 20.0 Å². The number of H-pyrrole nitrogens is 1. The topological polar surface area (TPSA) is 120 Å². The van der Waals surface area contributed by atoms with E-state index in [1.54, 1.807) is 29.3 Å². The van der Waals surface area contributed by atoms with Crippen LogP contribution in [0.3, 0.4) is 0 Å². The molecule has 1 amide bonds. The van der Waals surface area contributed by atoms with Crippen LogP contribution in [-0.2, 0) is 7.05 Å². The highest BCUT2D eigenvalue weighted by molar-refractivity contribution is 6.04. The van der Waals surface area contributed by atoms with Crippen LogP contribution in [0.2, 0.25) is 0 Å². The summed E-state index contributed by atoms with van der Waals surface area (Å²) in [5.74, 6) is -1.67. The summed E-state index contributed by atoms with van der Waals surface area (Å²) in [6.45, 7) is 0. The number of aryl methyl sites for hydroxylation is 1. The zero-order valence-corrected chi connectivity index (χ0v) is 20.8. The molecular weight excluding hydrogens is 520 g/mol. The normalized spacial score (nSPS) is 11.1. The molecule has 0 fully saturated rings. The second-order valence-corrected chi connectivity index (χ2v) is 8.80. The molecule has 0 aliphatic carbocycles. The number of nitrogens with one attached hydrogen (secondary N) is 2. The number of amides is 1. The lowest BCUT2D eigenvalue weighted by Crippen LogP contribution is -2.29. The second-order valence-electron chi connectivity index (χ2n) is 8.80. The number of hydrogen-bond acceptors (Lipinski definition) is 6. The first-order valence-electron chi connectivity index (χ1n) is 12.0. The molecule has 3 aromatic carbocycles. The smallest absolute Gasteiger partial charge is 0.284 e. The van der Waals surface area contributed by atoms with E-state index in [0.29, 0.717) is 11.3 Å². The highest BCUT2D eigenvalue weighted by Gasteiger charge is 2.17. The van der Waals surface area contributed by atoms with Crippen LogP contribution < -0.4 is 15.6 Å². The summed E-state index contributed by atoms with van der Waals surface area (Å²) in [5.41, 5.74) is 1.73. The molecule has 12 heteroatoms. The highest BCUT2D eigenvalue weighted by Crippen LogP contribution is 2.37. The minimum Gasteiger partial charge on any atom is -0.454 e. The molecule has 0 radical (unpaired) electrons. The molecule has 198 valence electrons. The van der Waals surface area contributed by atoms with Gasteiger partial charge in [-0.25, -0.2) is 8.78 Å². The Labute approximate surface area is 224 Å². The number of benzene rings is 3. The van der Waals surface area contributed by atoms with Crippen molar-refractivity contribution in [3.05, 3.63) is 113 Å². The van der Waals surface area contributed by atoms with Gasteiger partial charge < -0.3 is 10.1 Å². The van der Waals surface area contributed by atoms with Crippen molar-refractivity contribution >= 4 is 22.5 Å². The van der Waals surface area contributed by atoms with Crippen molar-refractivity contribution in [3.63, 3.8) is 0 Å². The SMILES string of the molecule is Cn1ncc2cc(Oc3ccc(NC(=O)c4ccnn(-c5ccc(F)cc5)c4=O)cc3F)c(-c3cn[nH]c3)cc21. The molecule has 40 heavy (non-hydrogen) atoms. The molecule has 6 rings (SSSR count). The first kappa shape index (κ1) is 24.7. The highest BCUT2D eigenvalue weighted by atomic mass is 19.1. The summed E-state index contributed by atoms with van der Waals surface area (Å²) in [5, 5.41) is 18.3. The summed E-state index contributed by atoms with van der Waals surface area (Å²) in [4.78, 5) is 25.8. The molecule has 0 unspecified atom stereocenters. The van der Waals surface area contributed by atoms with Crippen LogP contribution in [0.5, 0.6) is 11.5 Å². The third-order valence-corrected chi connectivity index (χ3v) is 6.23. The van der Waals surface area contributed by atoms with Gasteiger partial charge >= 0.3 is 0 Å². The van der Waals surface area contributed by atoms with Gasteiger partial charge in [0.15, 0.2) is 11.6 Å². The van der Waals surface area contributed by atoms with E-state index in [1.165, 1.54) is 48.7 Å². The van der Waals surface area contributed by atoms with Crippen molar-refractivity contribution in [2.24, 2.45) is 7.05 Å². The summed E-state index contributed by atoms with van der Waals surface area (Å²) >= 11 is 0. The van der Waals surface area contributed by atoms with Crippen LogP contribution in [0.15, 0.2) is 90.2 Å². The lowest BCUT2D eigenvalue weighted by Gasteiger charge is -2.13. The van der Waals surface area contributed by atoms with Gasteiger partial charge in [0.25, 0.3) is 11.5 Å². The zero-order chi connectivity index (χ0) is 27.8. The van der Waals surface area contributed by atoms with Crippen molar-refractivity contribution in [3.8, 4) is 28.3 Å². The number of nitrogens with zero attached hydrogens (tertiary/aromatic N) is 5. The zero-order valence-electron chi connectivity index (χ0n) is 20.8. The fourth-order valence-electron chi connectivity index (χ4n) is 4.22. The summed E-state index contributed by atoms with van der Waals surface area (Å²) in [6, 6.07) is 13.9. The Morgan fingerprint density at radius 2 is 1.80 bits per heavy atom. The van der Waals surface area contributed by atoms with E-state index in [-0.39, 0.29) is 22.7 Å². The van der Waals surface area contributed by atoms with Gasteiger partial charge in [0.1, 0.15) is 17.1 Å². The number of aromatic nitrogens is 6. The number of anilines is 1. The largest absolute Gasteiger partial charge is 0.454 e. The van der Waals surface area contributed by atoms with E-state index in [9.17, 15) is 14.0 Å². The standard InChI is InChI=1S/C28H19F2N7O3/c1-36-24-12-22(17-13-31-32-14-17)26(10-16(24)15-34-36)40-25-7-4-19(11-23(25)30)35-27(38)21-8-9-33-37(28(21)39)20-5-2-18(29)3-6-20/h2-15H,1H3,(H,31,32)(H,35,38). The Kier molecular flexibility index (Phi) is 6.11. The number of rotatable bonds is 6. The molecule has 2 N–H and O–H groups in total. The van der Waals surface area contributed by atoms with Crippen LogP contribution in [0, 0.1) is 11.6 Å².